The van der Waals surface area contributed by atoms with Gasteiger partial charge in [0.1, 0.15) is 12.2 Å². The second-order valence-electron chi connectivity index (χ2n) is 3.66. The molecule has 1 aromatic rings. The molecule has 0 bridgehead atoms. The molecule has 1 heterocycles. The van der Waals surface area contributed by atoms with Crippen LogP contribution >= 0.6 is 0 Å². The van der Waals surface area contributed by atoms with E-state index < -0.39 is 0 Å². The van der Waals surface area contributed by atoms with Gasteiger partial charge in [-0.3, -0.25) is 9.58 Å². The molecule has 15 heavy (non-hydrogen) atoms. The Hall–Kier alpha value is -1.41. The van der Waals surface area contributed by atoms with Crippen molar-refractivity contribution in [3.05, 3.63) is 12.2 Å². The minimum absolute atomic E-state index is 0.0539. The summed E-state index contributed by atoms with van der Waals surface area (Å²) in [6.07, 6.45) is 1.55. The molecule has 1 atom stereocenters. The average Bonchev–Trinajstić information content (AvgIpc) is 2.63. The van der Waals surface area contributed by atoms with Gasteiger partial charge >= 0.3 is 0 Å². The number of nitriles is 1. The minimum Gasteiger partial charge on any atom is -0.295 e. The zero-order valence-corrected chi connectivity index (χ0v) is 9.51. The van der Waals surface area contributed by atoms with Crippen LogP contribution in [0.25, 0.3) is 0 Å². The van der Waals surface area contributed by atoms with Crippen LogP contribution in [-0.2, 0) is 13.6 Å². The van der Waals surface area contributed by atoms with Gasteiger partial charge < -0.3 is 0 Å². The van der Waals surface area contributed by atoms with E-state index in [1.54, 1.807) is 11.0 Å². The molecular formula is C10H17N5. The molecule has 0 aromatic carbocycles. The van der Waals surface area contributed by atoms with Gasteiger partial charge in [-0.25, -0.2) is 4.98 Å². The largest absolute Gasteiger partial charge is 0.295 e. The van der Waals surface area contributed by atoms with E-state index in [4.69, 9.17) is 5.26 Å². The first-order chi connectivity index (χ1) is 7.17. The zero-order chi connectivity index (χ0) is 11.3. The van der Waals surface area contributed by atoms with Gasteiger partial charge in [0, 0.05) is 13.6 Å². The fourth-order valence-electron chi connectivity index (χ4n) is 1.40. The average molecular weight is 207 g/mol. The van der Waals surface area contributed by atoms with Crippen LogP contribution in [0.4, 0.5) is 0 Å². The fourth-order valence-corrected chi connectivity index (χ4v) is 1.40. The first-order valence-corrected chi connectivity index (χ1v) is 5.12. The van der Waals surface area contributed by atoms with Crippen molar-refractivity contribution >= 4 is 0 Å². The Morgan fingerprint density at radius 1 is 1.67 bits per heavy atom. The van der Waals surface area contributed by atoms with Gasteiger partial charge in [0.2, 0.25) is 0 Å². The molecule has 0 radical (unpaired) electrons. The van der Waals surface area contributed by atoms with E-state index in [2.05, 4.69) is 28.0 Å². The quantitative estimate of drug-likeness (QED) is 0.716. The van der Waals surface area contributed by atoms with Crippen LogP contribution in [0, 0.1) is 17.2 Å². The molecule has 1 aromatic heterocycles. The molecule has 0 aliphatic carbocycles. The van der Waals surface area contributed by atoms with E-state index >= 15 is 0 Å². The number of rotatable bonds is 5. The van der Waals surface area contributed by atoms with Crippen molar-refractivity contribution in [3.8, 4) is 6.07 Å². The summed E-state index contributed by atoms with van der Waals surface area (Å²) in [4.78, 5) is 6.36. The van der Waals surface area contributed by atoms with Crippen molar-refractivity contribution in [1.29, 1.82) is 5.26 Å². The van der Waals surface area contributed by atoms with Crippen LogP contribution < -0.4 is 0 Å². The van der Waals surface area contributed by atoms with Crippen molar-refractivity contribution in [2.75, 3.05) is 13.1 Å². The summed E-state index contributed by atoms with van der Waals surface area (Å²) < 4.78 is 1.76. The third-order valence-corrected chi connectivity index (χ3v) is 2.37. The Morgan fingerprint density at radius 3 is 2.87 bits per heavy atom. The van der Waals surface area contributed by atoms with Crippen LogP contribution in [0.15, 0.2) is 6.33 Å². The van der Waals surface area contributed by atoms with Crippen LogP contribution in [-0.4, -0.2) is 32.8 Å². The van der Waals surface area contributed by atoms with Crippen molar-refractivity contribution in [3.63, 3.8) is 0 Å². The molecule has 0 aliphatic rings. The molecule has 5 nitrogen and oxygen atoms in total. The first kappa shape index (κ1) is 11.7. The molecule has 82 valence electrons. The number of aromatic nitrogens is 3. The van der Waals surface area contributed by atoms with Gasteiger partial charge in [0.05, 0.1) is 18.5 Å². The highest BCUT2D eigenvalue weighted by molar-refractivity contribution is 4.86. The number of aryl methyl sites for hydroxylation is 1. The van der Waals surface area contributed by atoms with Crippen molar-refractivity contribution in [1.82, 2.24) is 19.7 Å². The van der Waals surface area contributed by atoms with E-state index in [1.807, 2.05) is 14.0 Å². The summed E-state index contributed by atoms with van der Waals surface area (Å²) in [5.74, 6) is 0.986. The van der Waals surface area contributed by atoms with Gasteiger partial charge in [0.25, 0.3) is 0 Å². The van der Waals surface area contributed by atoms with Crippen LogP contribution in [0.1, 0.15) is 19.7 Å². The predicted molar refractivity (Wildman–Crippen MR) is 56.7 cm³/mol. The molecule has 0 aliphatic heterocycles. The smallest absolute Gasteiger partial charge is 0.140 e. The Kier molecular flexibility index (Phi) is 4.25. The molecule has 0 N–H and O–H groups in total. The SMILES string of the molecule is CCN(Cc1ncnn1C)CC(C)C#N. The Balaban J connectivity index is 2.55. The summed E-state index contributed by atoms with van der Waals surface area (Å²) in [7, 11) is 1.88. The number of hydrogen-bond donors (Lipinski definition) is 0. The summed E-state index contributed by atoms with van der Waals surface area (Å²) >= 11 is 0. The molecule has 0 saturated carbocycles. The van der Waals surface area contributed by atoms with Crippen molar-refractivity contribution in [2.24, 2.45) is 13.0 Å². The summed E-state index contributed by atoms with van der Waals surface area (Å²) in [6, 6.07) is 2.24. The Morgan fingerprint density at radius 2 is 2.40 bits per heavy atom. The molecule has 1 rings (SSSR count). The van der Waals surface area contributed by atoms with E-state index in [0.717, 1.165) is 25.5 Å². The van der Waals surface area contributed by atoms with E-state index in [0.29, 0.717) is 0 Å². The molecule has 5 heteroatoms. The molecule has 1 unspecified atom stereocenters. The normalized spacial score (nSPS) is 12.7. The minimum atomic E-state index is 0.0539. The maximum Gasteiger partial charge on any atom is 0.140 e. The summed E-state index contributed by atoms with van der Waals surface area (Å²) in [5, 5.41) is 12.8. The lowest BCUT2D eigenvalue weighted by Crippen LogP contribution is -2.28. The third-order valence-electron chi connectivity index (χ3n) is 2.37. The Bertz CT molecular complexity index is 338. The molecule has 0 fully saturated rings. The van der Waals surface area contributed by atoms with Crippen LogP contribution in [0.2, 0.25) is 0 Å². The van der Waals surface area contributed by atoms with Gasteiger partial charge in [-0.15, -0.1) is 0 Å². The maximum atomic E-state index is 8.75. The summed E-state index contributed by atoms with van der Waals surface area (Å²) in [6.45, 7) is 6.46. The van der Waals surface area contributed by atoms with E-state index in [9.17, 15) is 0 Å². The number of nitrogens with zero attached hydrogens (tertiary/aromatic N) is 5. The maximum absolute atomic E-state index is 8.75. The standard InChI is InChI=1S/C10H17N5/c1-4-15(6-9(2)5-11)7-10-12-8-13-14(10)3/h8-9H,4,6-7H2,1-3H3. The summed E-state index contributed by atoms with van der Waals surface area (Å²) in [5.41, 5.74) is 0. The topological polar surface area (TPSA) is 57.7 Å². The number of hydrogen-bond acceptors (Lipinski definition) is 4. The Labute approximate surface area is 90.3 Å². The van der Waals surface area contributed by atoms with Gasteiger partial charge in [-0.1, -0.05) is 6.92 Å². The lowest BCUT2D eigenvalue weighted by molar-refractivity contribution is 0.250. The lowest BCUT2D eigenvalue weighted by Gasteiger charge is -2.20. The fraction of sp³-hybridized carbons (Fsp3) is 0.700. The second kappa shape index (κ2) is 5.47. The highest BCUT2D eigenvalue weighted by Crippen LogP contribution is 2.03. The second-order valence-corrected chi connectivity index (χ2v) is 3.66. The zero-order valence-electron chi connectivity index (χ0n) is 9.51. The third kappa shape index (κ3) is 3.33. The lowest BCUT2D eigenvalue weighted by atomic mass is 10.2. The van der Waals surface area contributed by atoms with E-state index in [1.165, 1.54) is 0 Å². The molecular weight excluding hydrogens is 190 g/mol. The van der Waals surface area contributed by atoms with Crippen LogP contribution in [0.3, 0.4) is 0 Å². The predicted octanol–water partition coefficient (Wildman–Crippen LogP) is 0.797. The van der Waals surface area contributed by atoms with Crippen molar-refractivity contribution < 1.29 is 0 Å². The molecule has 0 saturated heterocycles. The molecule has 0 amide bonds. The van der Waals surface area contributed by atoms with Gasteiger partial charge in [-0.2, -0.15) is 10.4 Å². The van der Waals surface area contributed by atoms with Gasteiger partial charge in [0.15, 0.2) is 0 Å². The van der Waals surface area contributed by atoms with Crippen molar-refractivity contribution in [2.45, 2.75) is 20.4 Å². The monoisotopic (exact) mass is 207 g/mol. The van der Waals surface area contributed by atoms with Crippen LogP contribution in [0.5, 0.6) is 0 Å². The highest BCUT2D eigenvalue weighted by atomic mass is 15.3. The highest BCUT2D eigenvalue weighted by Gasteiger charge is 2.10. The van der Waals surface area contributed by atoms with E-state index in [-0.39, 0.29) is 5.92 Å². The first-order valence-electron chi connectivity index (χ1n) is 5.12. The molecule has 0 spiro atoms. The van der Waals surface area contributed by atoms with Gasteiger partial charge in [-0.05, 0) is 13.5 Å².